The average molecular weight is 425 g/mol. The minimum absolute atomic E-state index is 0.0803. The normalized spacial score (nSPS) is 12.1. The molecule has 29 heavy (non-hydrogen) atoms. The van der Waals surface area contributed by atoms with Gasteiger partial charge in [0, 0.05) is 16.7 Å². The van der Waals surface area contributed by atoms with Gasteiger partial charge in [0.25, 0.3) is 5.56 Å². The van der Waals surface area contributed by atoms with Crippen LogP contribution in [-0.2, 0) is 16.8 Å². The van der Waals surface area contributed by atoms with Gasteiger partial charge >= 0.3 is 0 Å². The summed E-state index contributed by atoms with van der Waals surface area (Å²) in [5, 5.41) is 7.98. The zero-order chi connectivity index (χ0) is 20.4. The molecule has 5 nitrogen and oxygen atoms in total. The summed E-state index contributed by atoms with van der Waals surface area (Å²) in [6.07, 6.45) is 1.60. The topological polar surface area (TPSA) is 75.0 Å². The Morgan fingerprint density at radius 1 is 1.03 bits per heavy atom. The lowest BCUT2D eigenvalue weighted by Gasteiger charge is -2.13. The fourth-order valence-electron chi connectivity index (χ4n) is 3.05. The number of halogens is 1. The van der Waals surface area contributed by atoms with Gasteiger partial charge in [0.1, 0.15) is 5.82 Å². The number of nitrogens with zero attached hydrogens (tertiary/aromatic N) is 2. The van der Waals surface area contributed by atoms with Gasteiger partial charge in [0.2, 0.25) is 0 Å². The van der Waals surface area contributed by atoms with Crippen molar-refractivity contribution in [3.63, 3.8) is 0 Å². The summed E-state index contributed by atoms with van der Waals surface area (Å²) in [7, 11) is 0. The maximum absolute atomic E-state index is 13.4. The molecule has 4 rings (SSSR count). The molecule has 0 spiro atoms. The van der Waals surface area contributed by atoms with Crippen LogP contribution in [0.1, 0.15) is 5.56 Å². The molecule has 0 aliphatic carbocycles. The lowest BCUT2D eigenvalue weighted by atomic mass is 9.96. The van der Waals surface area contributed by atoms with E-state index in [1.54, 1.807) is 48.7 Å². The van der Waals surface area contributed by atoms with Gasteiger partial charge in [-0.05, 0) is 40.3 Å². The Kier molecular flexibility index (Phi) is 5.48. The fourth-order valence-corrected chi connectivity index (χ4v) is 4.13. The first kappa shape index (κ1) is 19.4. The monoisotopic (exact) mass is 425 g/mol. The first-order valence-electron chi connectivity index (χ1n) is 8.59. The second-order valence-electron chi connectivity index (χ2n) is 6.28. The lowest BCUT2D eigenvalue weighted by molar-refractivity contribution is 0.536. The van der Waals surface area contributed by atoms with E-state index in [1.807, 2.05) is 10.8 Å². The molecule has 8 heteroatoms. The summed E-state index contributed by atoms with van der Waals surface area (Å²) >= 11 is -0.724. The van der Waals surface area contributed by atoms with Crippen LogP contribution in [0.5, 0.6) is 0 Å². The Hall–Kier alpha value is -2.94. The summed E-state index contributed by atoms with van der Waals surface area (Å²) in [5.74, 6) is -0.471. The van der Waals surface area contributed by atoms with Crippen molar-refractivity contribution in [3.05, 3.63) is 93.3 Å². The minimum Gasteiger partial charge on any atom is -0.772 e. The van der Waals surface area contributed by atoms with E-state index in [0.717, 1.165) is 0 Å². The van der Waals surface area contributed by atoms with E-state index in [0.29, 0.717) is 33.5 Å². The first-order valence-corrected chi connectivity index (χ1v) is 10.8. The van der Waals surface area contributed by atoms with Crippen molar-refractivity contribution in [3.8, 4) is 27.9 Å². The van der Waals surface area contributed by atoms with E-state index in [-0.39, 0.29) is 11.3 Å². The van der Waals surface area contributed by atoms with Crippen LogP contribution in [0.15, 0.2) is 76.3 Å². The Balaban J connectivity index is 1.89. The van der Waals surface area contributed by atoms with Crippen molar-refractivity contribution in [2.75, 3.05) is 0 Å². The quantitative estimate of drug-likeness (QED) is 0.450. The molecule has 0 saturated heterocycles. The molecule has 146 valence electrons. The van der Waals surface area contributed by atoms with Gasteiger partial charge in [0.15, 0.2) is 0 Å². The van der Waals surface area contributed by atoms with Crippen molar-refractivity contribution >= 4 is 22.4 Å². The van der Waals surface area contributed by atoms with Crippen LogP contribution in [0, 0.1) is 5.82 Å². The summed E-state index contributed by atoms with van der Waals surface area (Å²) in [6, 6.07) is 14.4. The molecule has 0 saturated carbocycles. The molecule has 2 heterocycles. The molecule has 0 N–H and O–H groups in total. The molecule has 4 aromatic rings. The Labute approximate surface area is 172 Å². The molecule has 2 aromatic heterocycles. The van der Waals surface area contributed by atoms with Gasteiger partial charge < -0.3 is 4.55 Å². The molecule has 1 unspecified atom stereocenters. The van der Waals surface area contributed by atoms with E-state index in [1.165, 1.54) is 28.2 Å². The molecular formula is C21H14FN2O3S2-. The standard InChI is InChI=1S/C21H15FN2O3S2/c22-17-7-5-16(6-8-17)20-19(15-3-1-14(2-4-15)13-29(26)27)11-23-24(21(20)25)18-9-10-28-12-18/h1-12H,13H2,(H,26,27)/p-1. The van der Waals surface area contributed by atoms with Gasteiger partial charge in [-0.3, -0.25) is 9.00 Å². The third-order valence-corrected chi connectivity index (χ3v) is 5.65. The largest absolute Gasteiger partial charge is 0.772 e. The van der Waals surface area contributed by atoms with E-state index < -0.39 is 16.9 Å². The second kappa shape index (κ2) is 8.20. The van der Waals surface area contributed by atoms with Gasteiger partial charge in [0.05, 0.1) is 17.4 Å². The van der Waals surface area contributed by atoms with E-state index in [2.05, 4.69) is 5.10 Å². The van der Waals surface area contributed by atoms with Crippen LogP contribution in [-0.4, -0.2) is 18.5 Å². The molecule has 0 aliphatic heterocycles. The number of rotatable bonds is 5. The number of benzene rings is 2. The van der Waals surface area contributed by atoms with Crippen LogP contribution in [0.4, 0.5) is 4.39 Å². The van der Waals surface area contributed by atoms with Crippen molar-refractivity contribution in [1.29, 1.82) is 0 Å². The molecule has 0 aliphatic rings. The third-order valence-electron chi connectivity index (χ3n) is 4.41. The van der Waals surface area contributed by atoms with Gasteiger partial charge in [-0.25, -0.2) is 4.39 Å². The molecule has 0 amide bonds. The fraction of sp³-hybridized carbons (Fsp3) is 0.0476. The highest BCUT2D eigenvalue weighted by molar-refractivity contribution is 7.78. The van der Waals surface area contributed by atoms with Crippen molar-refractivity contribution < 1.29 is 13.2 Å². The average Bonchev–Trinajstić information content (AvgIpc) is 3.23. The van der Waals surface area contributed by atoms with Crippen LogP contribution >= 0.6 is 11.3 Å². The van der Waals surface area contributed by atoms with Crippen molar-refractivity contribution in [2.24, 2.45) is 0 Å². The Bertz CT molecular complexity index is 1220. The highest BCUT2D eigenvalue weighted by Gasteiger charge is 2.16. The molecule has 0 bridgehead atoms. The zero-order valence-electron chi connectivity index (χ0n) is 14.9. The number of aromatic nitrogens is 2. The van der Waals surface area contributed by atoms with Crippen LogP contribution < -0.4 is 5.56 Å². The SMILES string of the molecule is O=c1c(-c2ccc(F)cc2)c(-c2ccc(CS(=O)[O-])cc2)cnn1-c1ccsc1. The van der Waals surface area contributed by atoms with Gasteiger partial charge in [-0.1, -0.05) is 47.5 Å². The molecule has 1 atom stereocenters. The number of hydrogen-bond donors (Lipinski definition) is 0. The predicted molar refractivity (Wildman–Crippen MR) is 111 cm³/mol. The molecular weight excluding hydrogens is 411 g/mol. The summed E-state index contributed by atoms with van der Waals surface area (Å²) in [6.45, 7) is 0. The highest BCUT2D eigenvalue weighted by atomic mass is 32.2. The van der Waals surface area contributed by atoms with E-state index >= 15 is 0 Å². The third kappa shape index (κ3) is 4.09. The van der Waals surface area contributed by atoms with Crippen LogP contribution in [0.2, 0.25) is 0 Å². The Morgan fingerprint density at radius 3 is 2.34 bits per heavy atom. The smallest absolute Gasteiger partial charge is 0.280 e. The van der Waals surface area contributed by atoms with Gasteiger partial charge in [-0.2, -0.15) is 21.1 Å². The van der Waals surface area contributed by atoms with Gasteiger partial charge in [-0.15, -0.1) is 0 Å². The van der Waals surface area contributed by atoms with E-state index in [4.69, 9.17) is 0 Å². The molecule has 2 aromatic carbocycles. The maximum Gasteiger partial charge on any atom is 0.280 e. The maximum atomic E-state index is 13.4. The highest BCUT2D eigenvalue weighted by Crippen LogP contribution is 2.30. The van der Waals surface area contributed by atoms with Crippen LogP contribution in [0.3, 0.4) is 0 Å². The molecule has 0 fully saturated rings. The summed E-state index contributed by atoms with van der Waals surface area (Å²) < 4.78 is 36.5. The van der Waals surface area contributed by atoms with E-state index in [9.17, 15) is 17.9 Å². The first-order chi connectivity index (χ1) is 14.0. The molecule has 0 radical (unpaired) electrons. The Morgan fingerprint density at radius 2 is 1.72 bits per heavy atom. The van der Waals surface area contributed by atoms with Crippen LogP contribution in [0.25, 0.3) is 27.9 Å². The number of thiophene rings is 1. The minimum atomic E-state index is -2.18. The number of hydrogen-bond acceptors (Lipinski definition) is 5. The zero-order valence-corrected chi connectivity index (χ0v) is 16.6. The summed E-state index contributed by atoms with van der Waals surface area (Å²) in [4.78, 5) is 13.3. The second-order valence-corrected chi connectivity index (χ2v) is 7.96. The summed E-state index contributed by atoms with van der Waals surface area (Å²) in [5.41, 5.74) is 3.24. The van der Waals surface area contributed by atoms with Crippen molar-refractivity contribution in [2.45, 2.75) is 5.75 Å². The van der Waals surface area contributed by atoms with Crippen molar-refractivity contribution in [1.82, 2.24) is 9.78 Å². The predicted octanol–water partition coefficient (Wildman–Crippen LogP) is 4.15. The lowest BCUT2D eigenvalue weighted by Crippen LogP contribution is -2.23.